The molecule has 2 aromatic rings. The van der Waals surface area contributed by atoms with E-state index in [-0.39, 0.29) is 16.8 Å². The molecule has 0 aliphatic heterocycles. The molecule has 0 spiro atoms. The van der Waals surface area contributed by atoms with Gasteiger partial charge in [-0.05, 0) is 61.1 Å². The lowest BCUT2D eigenvalue weighted by Crippen LogP contribution is -2.33. The van der Waals surface area contributed by atoms with Crippen LogP contribution in [-0.2, 0) is 4.79 Å². The number of carbonyl (C=O) groups excluding carboxylic acids is 1. The van der Waals surface area contributed by atoms with E-state index < -0.39 is 0 Å². The van der Waals surface area contributed by atoms with Gasteiger partial charge >= 0.3 is 0 Å². The fourth-order valence-corrected chi connectivity index (χ4v) is 2.53. The van der Waals surface area contributed by atoms with Crippen LogP contribution >= 0.6 is 23.8 Å². The van der Waals surface area contributed by atoms with Crippen LogP contribution in [-0.4, -0.2) is 22.3 Å². The molecule has 3 N–H and O–H groups in total. The highest BCUT2D eigenvalue weighted by Gasteiger charge is 2.05. The Labute approximate surface area is 156 Å². The minimum Gasteiger partial charge on any atom is -0.507 e. The van der Waals surface area contributed by atoms with E-state index in [9.17, 15) is 9.90 Å². The Morgan fingerprint density at radius 3 is 2.64 bits per heavy atom. The molecule has 0 atom stereocenters. The van der Waals surface area contributed by atoms with E-state index in [0.717, 1.165) is 5.69 Å². The van der Waals surface area contributed by atoms with Gasteiger partial charge in [0.15, 0.2) is 5.11 Å². The number of aryl methyl sites for hydroxylation is 1. The maximum Gasteiger partial charge on any atom is 0.225 e. The van der Waals surface area contributed by atoms with Gasteiger partial charge in [0, 0.05) is 28.9 Å². The van der Waals surface area contributed by atoms with Crippen LogP contribution in [0.2, 0.25) is 5.02 Å². The average Bonchev–Trinajstić information content (AvgIpc) is 2.57. The Hall–Kier alpha value is -2.44. The Morgan fingerprint density at radius 2 is 2.00 bits per heavy atom. The predicted molar refractivity (Wildman–Crippen MR) is 106 cm³/mol. The number of hydrogen-bond donors (Lipinski definition) is 3. The number of nitrogens with zero attached hydrogens (tertiary/aromatic N) is 1. The molecule has 5 nitrogen and oxygen atoms in total. The lowest BCUT2D eigenvalue weighted by atomic mass is 10.1. The summed E-state index contributed by atoms with van der Waals surface area (Å²) in [5.41, 5.74) is 2.68. The lowest BCUT2D eigenvalue weighted by molar-refractivity contribution is -0.119. The molecule has 7 heteroatoms. The van der Waals surface area contributed by atoms with Crippen molar-refractivity contribution in [1.29, 1.82) is 0 Å². The Bertz CT molecular complexity index is 820. The maximum atomic E-state index is 11.3. The maximum absolute atomic E-state index is 11.3. The van der Waals surface area contributed by atoms with Crippen LogP contribution in [0.15, 0.2) is 41.4 Å². The van der Waals surface area contributed by atoms with Gasteiger partial charge in [-0.2, -0.15) is 0 Å². The van der Waals surface area contributed by atoms with Gasteiger partial charge in [-0.1, -0.05) is 18.5 Å². The molecule has 0 aromatic heterocycles. The number of phenols is 1. The number of thiocarbonyl (C=S) groups is 1. The summed E-state index contributed by atoms with van der Waals surface area (Å²) in [4.78, 5) is 15.6. The highest BCUT2D eigenvalue weighted by Crippen LogP contribution is 2.26. The standard InChI is InChI=1S/C18H18ClN3O2S/c1-3-16(23)22-18(25)21-15-6-4-14(5-7-15)20-10-12-9-13(19)8-11(2)17(12)24/h4-10,24H,3H2,1-2H3,(H2,21,22,23,25). The molecular weight excluding hydrogens is 358 g/mol. The first-order valence-electron chi connectivity index (χ1n) is 7.63. The van der Waals surface area contributed by atoms with Crippen molar-refractivity contribution in [2.24, 2.45) is 4.99 Å². The van der Waals surface area contributed by atoms with Crippen molar-refractivity contribution >= 4 is 52.4 Å². The van der Waals surface area contributed by atoms with Crippen LogP contribution in [0.25, 0.3) is 0 Å². The van der Waals surface area contributed by atoms with Crippen molar-refractivity contribution in [3.8, 4) is 5.75 Å². The number of halogens is 1. The highest BCUT2D eigenvalue weighted by molar-refractivity contribution is 7.80. The zero-order valence-corrected chi connectivity index (χ0v) is 15.4. The Balaban J connectivity index is 2.05. The number of carbonyl (C=O) groups is 1. The van der Waals surface area contributed by atoms with Crippen LogP contribution in [0, 0.1) is 6.92 Å². The summed E-state index contributed by atoms with van der Waals surface area (Å²) in [5.74, 6) is 0.0128. The van der Waals surface area contributed by atoms with Crippen molar-refractivity contribution < 1.29 is 9.90 Å². The summed E-state index contributed by atoms with van der Waals surface area (Å²) in [6.07, 6.45) is 1.92. The van der Waals surface area contributed by atoms with E-state index in [1.54, 1.807) is 56.5 Å². The van der Waals surface area contributed by atoms with E-state index in [4.69, 9.17) is 23.8 Å². The van der Waals surface area contributed by atoms with Gasteiger partial charge in [-0.25, -0.2) is 0 Å². The number of aromatic hydroxyl groups is 1. The molecular formula is C18H18ClN3O2S. The van der Waals surface area contributed by atoms with Crippen molar-refractivity contribution in [3.05, 3.63) is 52.5 Å². The molecule has 2 rings (SSSR count). The van der Waals surface area contributed by atoms with Crippen LogP contribution in [0.1, 0.15) is 24.5 Å². The van der Waals surface area contributed by atoms with Gasteiger partial charge in [0.05, 0.1) is 5.69 Å². The van der Waals surface area contributed by atoms with Gasteiger partial charge < -0.3 is 15.7 Å². The van der Waals surface area contributed by atoms with E-state index in [1.807, 2.05) is 0 Å². The Morgan fingerprint density at radius 1 is 1.32 bits per heavy atom. The first-order chi connectivity index (χ1) is 11.9. The van der Waals surface area contributed by atoms with E-state index in [0.29, 0.717) is 28.3 Å². The molecule has 1 amide bonds. The molecule has 2 aromatic carbocycles. The van der Waals surface area contributed by atoms with Crippen molar-refractivity contribution in [3.63, 3.8) is 0 Å². The number of aliphatic imine (C=N–C) groups is 1. The molecule has 0 saturated heterocycles. The molecule has 0 radical (unpaired) electrons. The highest BCUT2D eigenvalue weighted by atomic mass is 35.5. The third-order valence-corrected chi connectivity index (χ3v) is 3.77. The lowest BCUT2D eigenvalue weighted by Gasteiger charge is -2.08. The fraction of sp³-hybridized carbons (Fsp3) is 0.167. The average molecular weight is 376 g/mol. The molecule has 0 unspecified atom stereocenters. The summed E-state index contributed by atoms with van der Waals surface area (Å²) in [7, 11) is 0. The smallest absolute Gasteiger partial charge is 0.225 e. The zero-order chi connectivity index (χ0) is 18.4. The van der Waals surface area contributed by atoms with Crippen molar-refractivity contribution in [2.75, 3.05) is 5.32 Å². The second-order valence-corrected chi connectivity index (χ2v) is 6.17. The normalized spacial score (nSPS) is 10.7. The third kappa shape index (κ3) is 5.55. The largest absolute Gasteiger partial charge is 0.507 e. The van der Waals surface area contributed by atoms with Gasteiger partial charge in [0.25, 0.3) is 0 Å². The monoisotopic (exact) mass is 375 g/mol. The number of anilines is 1. The summed E-state index contributed by atoms with van der Waals surface area (Å²) in [6.45, 7) is 3.53. The second kappa shape index (κ2) is 8.60. The quantitative estimate of drug-likeness (QED) is 0.549. The first kappa shape index (κ1) is 18.9. The number of phenolic OH excluding ortho intramolecular Hbond substituents is 1. The topological polar surface area (TPSA) is 73.7 Å². The molecule has 0 heterocycles. The summed E-state index contributed by atoms with van der Waals surface area (Å²) >= 11 is 11.0. The van der Waals surface area contributed by atoms with E-state index >= 15 is 0 Å². The van der Waals surface area contributed by atoms with Crippen LogP contribution in [0.3, 0.4) is 0 Å². The molecule has 0 aliphatic carbocycles. The van der Waals surface area contributed by atoms with Crippen LogP contribution in [0.4, 0.5) is 11.4 Å². The van der Waals surface area contributed by atoms with E-state index in [2.05, 4.69) is 15.6 Å². The van der Waals surface area contributed by atoms with Crippen LogP contribution < -0.4 is 10.6 Å². The number of amides is 1. The molecule has 130 valence electrons. The molecule has 0 bridgehead atoms. The minimum atomic E-state index is -0.143. The van der Waals surface area contributed by atoms with Gasteiger partial charge in [0.1, 0.15) is 5.75 Å². The van der Waals surface area contributed by atoms with E-state index in [1.165, 1.54) is 0 Å². The summed E-state index contributed by atoms with van der Waals surface area (Å²) < 4.78 is 0. The zero-order valence-electron chi connectivity index (χ0n) is 13.8. The van der Waals surface area contributed by atoms with Gasteiger partial charge in [0.2, 0.25) is 5.91 Å². The second-order valence-electron chi connectivity index (χ2n) is 5.32. The van der Waals surface area contributed by atoms with Gasteiger partial charge in [-0.3, -0.25) is 9.79 Å². The molecule has 0 fully saturated rings. The van der Waals surface area contributed by atoms with Crippen molar-refractivity contribution in [2.45, 2.75) is 20.3 Å². The number of benzene rings is 2. The van der Waals surface area contributed by atoms with Crippen LogP contribution in [0.5, 0.6) is 5.75 Å². The van der Waals surface area contributed by atoms with Gasteiger partial charge in [-0.15, -0.1) is 0 Å². The minimum absolute atomic E-state index is 0.143. The SMILES string of the molecule is CCC(=O)NC(=S)Nc1ccc(N=Cc2cc(Cl)cc(C)c2O)cc1. The number of nitrogens with one attached hydrogen (secondary N) is 2. The fourth-order valence-electron chi connectivity index (χ4n) is 2.01. The molecule has 0 saturated carbocycles. The number of hydrogen-bond acceptors (Lipinski definition) is 4. The van der Waals surface area contributed by atoms with Crippen molar-refractivity contribution in [1.82, 2.24) is 5.32 Å². The molecule has 0 aliphatic rings. The number of rotatable bonds is 4. The first-order valence-corrected chi connectivity index (χ1v) is 8.41. The molecule has 25 heavy (non-hydrogen) atoms. The Kier molecular flexibility index (Phi) is 6.50. The summed E-state index contributed by atoms with van der Waals surface area (Å²) in [6, 6.07) is 10.5. The predicted octanol–water partition coefficient (Wildman–Crippen LogP) is 4.33. The third-order valence-electron chi connectivity index (χ3n) is 3.35. The summed E-state index contributed by atoms with van der Waals surface area (Å²) in [5, 5.41) is 16.3.